The number of hydrogen-bond acceptors (Lipinski definition) is 6. The van der Waals surface area contributed by atoms with Gasteiger partial charge >= 0.3 is 0 Å². The van der Waals surface area contributed by atoms with Crippen molar-refractivity contribution in [2.75, 3.05) is 31.5 Å². The van der Waals surface area contributed by atoms with E-state index in [0.29, 0.717) is 5.57 Å². The molecule has 190 valence electrons. The zero-order chi connectivity index (χ0) is 25.9. The van der Waals surface area contributed by atoms with Crippen LogP contribution >= 0.6 is 0 Å². The fraction of sp³-hybridized carbons (Fsp3) is 0.276. The minimum atomic E-state index is -0.249. The standard InChI is InChI=1S/C29H32N6O2/c1-18-26(33-19(2)27(18)29(37)35-12-10-31-11-13-35)15-24-23-14-20(8-9-25(23)34-28(24)36)21(16-30)17-32-22-6-4-3-5-7-22/h3-9,14-17,19,27,31,33H,10-13,30H2,1-2H3,(H,34,36)/b21-16?,24-15-,32-17?. The summed E-state index contributed by atoms with van der Waals surface area (Å²) < 4.78 is 0. The van der Waals surface area contributed by atoms with Gasteiger partial charge in [-0.15, -0.1) is 0 Å². The number of nitrogens with zero attached hydrogens (tertiary/aromatic N) is 2. The van der Waals surface area contributed by atoms with Crippen molar-refractivity contribution in [3.63, 3.8) is 0 Å². The molecule has 2 unspecified atom stereocenters. The molecule has 0 spiro atoms. The molecule has 0 radical (unpaired) electrons. The van der Waals surface area contributed by atoms with Crippen LogP contribution in [-0.4, -0.2) is 55.1 Å². The lowest BCUT2D eigenvalue weighted by molar-refractivity contribution is -0.135. The largest absolute Gasteiger partial charge is 0.404 e. The Morgan fingerprint density at radius 3 is 2.62 bits per heavy atom. The van der Waals surface area contributed by atoms with Crippen LogP contribution in [0.5, 0.6) is 0 Å². The van der Waals surface area contributed by atoms with Crippen LogP contribution < -0.4 is 21.7 Å². The number of para-hydroxylation sites is 1. The Balaban J connectivity index is 1.44. The fourth-order valence-corrected chi connectivity index (χ4v) is 5.15. The van der Waals surface area contributed by atoms with Gasteiger partial charge in [0.15, 0.2) is 0 Å². The van der Waals surface area contributed by atoms with E-state index in [4.69, 9.17) is 5.73 Å². The number of benzene rings is 2. The van der Waals surface area contributed by atoms with Crippen molar-refractivity contribution < 1.29 is 9.59 Å². The number of rotatable bonds is 5. The topological polar surface area (TPSA) is 112 Å². The zero-order valence-corrected chi connectivity index (χ0v) is 21.1. The molecule has 3 aliphatic heterocycles. The molecule has 0 saturated carbocycles. The summed E-state index contributed by atoms with van der Waals surface area (Å²) in [4.78, 5) is 32.7. The van der Waals surface area contributed by atoms with Crippen molar-refractivity contribution in [3.05, 3.63) is 83.2 Å². The monoisotopic (exact) mass is 496 g/mol. The average molecular weight is 497 g/mol. The van der Waals surface area contributed by atoms with Crippen LogP contribution in [0.4, 0.5) is 11.4 Å². The summed E-state index contributed by atoms with van der Waals surface area (Å²) in [6, 6.07) is 15.3. The van der Waals surface area contributed by atoms with Crippen LogP contribution in [0.2, 0.25) is 0 Å². The van der Waals surface area contributed by atoms with Gasteiger partial charge in [0.1, 0.15) is 0 Å². The molecule has 2 atom stereocenters. The average Bonchev–Trinajstić information content (AvgIpc) is 3.39. The molecule has 0 aromatic heterocycles. The molecule has 0 aliphatic carbocycles. The summed E-state index contributed by atoms with van der Waals surface area (Å²) in [5, 5.41) is 9.69. The maximum absolute atomic E-state index is 13.3. The first kappa shape index (κ1) is 24.5. The highest BCUT2D eigenvalue weighted by Crippen LogP contribution is 2.36. The molecule has 0 bridgehead atoms. The molecule has 1 fully saturated rings. The van der Waals surface area contributed by atoms with E-state index in [0.717, 1.165) is 65.5 Å². The Bertz CT molecular complexity index is 1340. The van der Waals surface area contributed by atoms with Crippen molar-refractivity contribution in [1.29, 1.82) is 0 Å². The van der Waals surface area contributed by atoms with Gasteiger partial charge in [-0.1, -0.05) is 24.3 Å². The Labute approximate surface area is 217 Å². The molecule has 8 nitrogen and oxygen atoms in total. The van der Waals surface area contributed by atoms with Gasteiger partial charge in [-0.25, -0.2) is 0 Å². The fourth-order valence-electron chi connectivity index (χ4n) is 5.15. The molecule has 3 aliphatic rings. The van der Waals surface area contributed by atoms with Crippen LogP contribution in [-0.2, 0) is 9.59 Å². The van der Waals surface area contributed by atoms with E-state index in [-0.39, 0.29) is 23.8 Å². The SMILES string of the molecule is CC1=C(/C=C2\C(=O)Nc3ccc(C(C=Nc4ccccc4)=CN)cc32)NC(C)C1C(=O)N1CCNCC1. The number of allylic oxidation sites excluding steroid dienone is 2. The third-order valence-electron chi connectivity index (χ3n) is 7.18. The Morgan fingerprint density at radius 1 is 1.14 bits per heavy atom. The normalized spacial score (nSPS) is 23.0. The summed E-state index contributed by atoms with van der Waals surface area (Å²) in [7, 11) is 0. The number of anilines is 1. The van der Waals surface area contributed by atoms with Crippen molar-refractivity contribution in [2.45, 2.75) is 19.9 Å². The summed E-state index contributed by atoms with van der Waals surface area (Å²) in [6.45, 7) is 7.06. The van der Waals surface area contributed by atoms with E-state index in [9.17, 15) is 9.59 Å². The van der Waals surface area contributed by atoms with E-state index in [1.54, 1.807) is 6.21 Å². The van der Waals surface area contributed by atoms with Crippen molar-refractivity contribution in [3.8, 4) is 0 Å². The maximum Gasteiger partial charge on any atom is 0.256 e. The smallest absolute Gasteiger partial charge is 0.256 e. The molecule has 2 aromatic rings. The first-order valence-electron chi connectivity index (χ1n) is 12.6. The molecule has 2 aromatic carbocycles. The van der Waals surface area contributed by atoms with Crippen molar-refractivity contribution in [2.24, 2.45) is 16.6 Å². The predicted molar refractivity (Wildman–Crippen MR) is 148 cm³/mol. The molecule has 37 heavy (non-hydrogen) atoms. The van der Waals surface area contributed by atoms with Gasteiger partial charge in [-0.05, 0) is 55.3 Å². The van der Waals surface area contributed by atoms with E-state index < -0.39 is 0 Å². The second kappa shape index (κ2) is 10.4. The van der Waals surface area contributed by atoms with E-state index >= 15 is 0 Å². The number of hydrogen-bond donors (Lipinski definition) is 4. The quantitative estimate of drug-likeness (QED) is 0.376. The predicted octanol–water partition coefficient (Wildman–Crippen LogP) is 3.04. The van der Waals surface area contributed by atoms with Crippen LogP contribution in [0.15, 0.2) is 77.1 Å². The first-order chi connectivity index (χ1) is 18.0. The number of carbonyl (C=O) groups excluding carboxylic acids is 2. The summed E-state index contributed by atoms with van der Waals surface area (Å²) in [5.74, 6) is -0.280. The number of nitrogens with two attached hydrogens (primary N) is 1. The molecule has 5 N–H and O–H groups in total. The van der Waals surface area contributed by atoms with E-state index in [2.05, 4.69) is 20.9 Å². The van der Waals surface area contributed by atoms with Crippen molar-refractivity contribution >= 4 is 40.5 Å². The van der Waals surface area contributed by atoms with Gasteiger partial charge in [0.25, 0.3) is 5.91 Å². The first-order valence-corrected chi connectivity index (χ1v) is 12.6. The Hall–Kier alpha value is -4.17. The lowest BCUT2D eigenvalue weighted by atomic mass is 9.93. The molecule has 8 heteroatoms. The highest BCUT2D eigenvalue weighted by molar-refractivity contribution is 6.32. The minimum absolute atomic E-state index is 0.0505. The second-order valence-corrected chi connectivity index (χ2v) is 9.57. The molecular formula is C29H32N6O2. The van der Waals surface area contributed by atoms with Crippen LogP contribution in [0.1, 0.15) is 25.0 Å². The van der Waals surface area contributed by atoms with Crippen LogP contribution in [0.25, 0.3) is 11.1 Å². The molecule has 3 heterocycles. The van der Waals surface area contributed by atoms with Crippen LogP contribution in [0.3, 0.4) is 0 Å². The molecular weight excluding hydrogens is 464 g/mol. The van der Waals surface area contributed by atoms with Gasteiger partial charge in [0, 0.05) is 67.2 Å². The minimum Gasteiger partial charge on any atom is -0.404 e. The third kappa shape index (κ3) is 4.93. The number of carbonyl (C=O) groups is 2. The van der Waals surface area contributed by atoms with Gasteiger partial charge in [0.2, 0.25) is 5.91 Å². The second-order valence-electron chi connectivity index (χ2n) is 9.57. The van der Waals surface area contributed by atoms with Gasteiger partial charge < -0.3 is 26.6 Å². The Morgan fingerprint density at radius 2 is 1.89 bits per heavy atom. The third-order valence-corrected chi connectivity index (χ3v) is 7.18. The lowest BCUT2D eigenvalue weighted by Gasteiger charge is -2.31. The Kier molecular flexibility index (Phi) is 6.92. The summed E-state index contributed by atoms with van der Waals surface area (Å²) in [6.07, 6.45) is 5.11. The molecule has 2 amide bonds. The highest BCUT2D eigenvalue weighted by atomic mass is 16.2. The summed E-state index contributed by atoms with van der Waals surface area (Å²) in [5.41, 5.74) is 12.2. The van der Waals surface area contributed by atoms with Gasteiger partial charge in [-0.3, -0.25) is 14.6 Å². The maximum atomic E-state index is 13.3. The van der Waals surface area contributed by atoms with Crippen molar-refractivity contribution in [1.82, 2.24) is 15.5 Å². The number of amides is 2. The summed E-state index contributed by atoms with van der Waals surface area (Å²) >= 11 is 0. The van der Waals surface area contributed by atoms with E-state index in [1.807, 2.05) is 73.4 Å². The molecule has 5 rings (SSSR count). The highest BCUT2D eigenvalue weighted by Gasteiger charge is 2.37. The van der Waals surface area contributed by atoms with Gasteiger partial charge in [0.05, 0.1) is 17.2 Å². The number of fused-ring (bicyclic) bond motifs is 1. The van der Waals surface area contributed by atoms with Gasteiger partial charge in [-0.2, -0.15) is 0 Å². The number of aliphatic imine (C=N–C) groups is 1. The molecule has 1 saturated heterocycles. The number of nitrogens with one attached hydrogen (secondary N) is 3. The van der Waals surface area contributed by atoms with E-state index in [1.165, 1.54) is 6.20 Å². The lowest BCUT2D eigenvalue weighted by Crippen LogP contribution is -2.50. The zero-order valence-electron chi connectivity index (χ0n) is 21.1. The number of piperazine rings is 1. The van der Waals surface area contributed by atoms with Crippen LogP contribution in [0, 0.1) is 5.92 Å².